The molecule has 4 aliphatic rings. The lowest BCUT2D eigenvalue weighted by Gasteiger charge is -2.29. The Bertz CT molecular complexity index is 1830. The number of hydrogen-bond acceptors (Lipinski definition) is 14. The molecule has 6 rings (SSSR count). The molecule has 20 heteroatoms. The standard InChI is InChI=1S/C16H24N4O4S.C15H22N4O5S.C2H3N/c1-9(2)14(13-6-11(4)18-24-13)16(21)20-7-10(3)5-12(20)15-17-8-25(22,23)19-15;1-8(2)13(12-4-9(3)17-24-12)15(21)19-6-10(20)5-11(19)14-16-7-25(22,23)18-14;1-2-3/h6,9-10,12,14H,5,7-8H2,1-4H3,(H,17,19);4,8,10-11,13,20H,5-7H2,1-3H3,(H,16,18);1H3/t10-,12+,14?;10-,11+,13?;/m11./s1. The molecule has 3 N–H and O–H groups in total. The Morgan fingerprint density at radius 3 is 1.57 bits per heavy atom. The van der Waals surface area contributed by atoms with Gasteiger partial charge in [-0.2, -0.15) is 5.26 Å². The molecule has 0 spiro atoms. The molecule has 2 aromatic rings. The van der Waals surface area contributed by atoms with E-state index in [0.717, 1.165) is 5.69 Å². The molecule has 6 heterocycles. The van der Waals surface area contributed by atoms with Gasteiger partial charge in [0.15, 0.2) is 11.8 Å². The quantitative estimate of drug-likeness (QED) is 0.347. The maximum atomic E-state index is 13.3. The molecule has 2 fully saturated rings. The third kappa shape index (κ3) is 10.00. The third-order valence-corrected chi connectivity index (χ3v) is 11.1. The highest BCUT2D eigenvalue weighted by molar-refractivity contribution is 7.90. The summed E-state index contributed by atoms with van der Waals surface area (Å²) in [6, 6.07) is 4.32. The number of likely N-dealkylation sites (tertiary alicyclic amines) is 2. The Kier molecular flexibility index (Phi) is 13.1. The maximum Gasteiger partial charge on any atom is 0.254 e. The Morgan fingerprint density at radius 1 is 0.830 bits per heavy atom. The number of aliphatic imine (C=N–C) groups is 2. The number of carbonyl (C=O) groups excluding carboxylic acids is 2. The predicted molar refractivity (Wildman–Crippen MR) is 193 cm³/mol. The van der Waals surface area contributed by atoms with Crippen LogP contribution in [0.15, 0.2) is 31.2 Å². The fourth-order valence-corrected chi connectivity index (χ4v) is 8.64. The van der Waals surface area contributed by atoms with Crippen LogP contribution in [0.2, 0.25) is 0 Å². The van der Waals surface area contributed by atoms with Crippen LogP contribution < -0.4 is 9.44 Å². The predicted octanol–water partition coefficient (Wildman–Crippen LogP) is 1.75. The normalized spacial score (nSPS) is 25.2. The van der Waals surface area contributed by atoms with E-state index >= 15 is 0 Å². The number of amides is 2. The average molecular weight is 780 g/mol. The number of aryl methyl sites for hydroxylation is 2. The largest absolute Gasteiger partial charge is 0.391 e. The SMILES string of the molecule is CC#N.Cc1cc(C(C(=O)N2C[C@H](C)C[C@H]2C2=NCS(=O)(=O)N2)C(C)C)on1.Cc1cc(C(C(=O)N2C[C@H](O)C[C@H]2C2=NCS(=O)(=O)N2)C(C)C)on1. The number of nitriles is 1. The summed E-state index contributed by atoms with van der Waals surface area (Å²) < 4.78 is 62.0. The van der Waals surface area contributed by atoms with Crippen molar-refractivity contribution in [3.8, 4) is 6.07 Å². The van der Waals surface area contributed by atoms with Crippen LogP contribution in [0, 0.1) is 42.9 Å². The van der Waals surface area contributed by atoms with Crippen molar-refractivity contribution in [1.29, 1.82) is 5.26 Å². The molecule has 53 heavy (non-hydrogen) atoms. The molecular formula is C33H49N9O9S2. The second kappa shape index (κ2) is 16.8. The third-order valence-electron chi connectivity index (χ3n) is 9.09. The Morgan fingerprint density at radius 2 is 1.23 bits per heavy atom. The number of nitrogens with zero attached hydrogens (tertiary/aromatic N) is 7. The molecule has 0 radical (unpaired) electrons. The van der Waals surface area contributed by atoms with Gasteiger partial charge in [-0.15, -0.1) is 0 Å². The number of β-amino-alcohol motifs (C(OH)–C–C–N with tert-alkyl or cyclic N) is 1. The van der Waals surface area contributed by atoms with Gasteiger partial charge >= 0.3 is 0 Å². The number of aliphatic hydroxyl groups is 1. The van der Waals surface area contributed by atoms with E-state index in [1.807, 2.05) is 41.5 Å². The van der Waals surface area contributed by atoms with Gasteiger partial charge in [0.05, 0.1) is 35.6 Å². The highest BCUT2D eigenvalue weighted by Gasteiger charge is 2.45. The number of carbonyl (C=O) groups is 2. The van der Waals surface area contributed by atoms with E-state index in [2.05, 4.69) is 29.7 Å². The molecular weight excluding hydrogens is 731 g/mol. The lowest BCUT2D eigenvalue weighted by Crippen LogP contribution is -2.47. The van der Waals surface area contributed by atoms with E-state index in [1.54, 1.807) is 30.0 Å². The van der Waals surface area contributed by atoms with Crippen LogP contribution in [-0.2, 0) is 29.6 Å². The topological polar surface area (TPSA) is 254 Å². The zero-order chi connectivity index (χ0) is 39.4. The van der Waals surface area contributed by atoms with Crippen molar-refractivity contribution in [3.63, 3.8) is 0 Å². The van der Waals surface area contributed by atoms with Crippen LogP contribution in [0.1, 0.15) is 89.1 Å². The Balaban J connectivity index is 0.000000220. The first-order valence-corrected chi connectivity index (χ1v) is 20.6. The summed E-state index contributed by atoms with van der Waals surface area (Å²) in [5, 5.41) is 25.1. The fourth-order valence-electron chi connectivity index (χ4n) is 6.86. The fraction of sp³-hybridized carbons (Fsp3) is 0.667. The molecule has 6 atom stereocenters. The van der Waals surface area contributed by atoms with Crippen LogP contribution in [0.25, 0.3) is 0 Å². The van der Waals surface area contributed by atoms with E-state index in [-0.39, 0.29) is 66.2 Å². The summed E-state index contributed by atoms with van der Waals surface area (Å²) in [5.74, 6) is -0.122. The molecule has 18 nitrogen and oxygen atoms in total. The minimum Gasteiger partial charge on any atom is -0.391 e. The van der Waals surface area contributed by atoms with Gasteiger partial charge < -0.3 is 24.0 Å². The van der Waals surface area contributed by atoms with Crippen molar-refractivity contribution >= 4 is 43.5 Å². The molecule has 2 aromatic heterocycles. The summed E-state index contributed by atoms with van der Waals surface area (Å²) >= 11 is 0. The van der Waals surface area contributed by atoms with E-state index in [4.69, 9.17) is 14.3 Å². The molecule has 292 valence electrons. The highest BCUT2D eigenvalue weighted by atomic mass is 32.2. The average Bonchev–Trinajstić information content (AvgIpc) is 3.91. The van der Waals surface area contributed by atoms with Crippen LogP contribution in [0.4, 0.5) is 0 Å². The van der Waals surface area contributed by atoms with Gasteiger partial charge in [-0.3, -0.25) is 29.0 Å². The van der Waals surface area contributed by atoms with Crippen LogP contribution in [-0.4, -0.2) is 109 Å². The monoisotopic (exact) mass is 779 g/mol. The summed E-state index contributed by atoms with van der Waals surface area (Å²) in [7, 11) is -6.89. The number of rotatable bonds is 8. The van der Waals surface area contributed by atoms with Gasteiger partial charge in [0.25, 0.3) is 20.0 Å². The highest BCUT2D eigenvalue weighted by Crippen LogP contribution is 2.34. The van der Waals surface area contributed by atoms with Gasteiger partial charge in [0.2, 0.25) is 11.8 Å². The molecule has 2 unspecified atom stereocenters. The van der Waals surface area contributed by atoms with Crippen molar-refractivity contribution in [3.05, 3.63) is 35.0 Å². The second-order valence-electron chi connectivity index (χ2n) is 14.4. The molecule has 0 bridgehead atoms. The number of nitrogens with one attached hydrogen (secondary N) is 2. The summed E-state index contributed by atoms with van der Waals surface area (Å²) in [5.41, 5.74) is 1.41. The van der Waals surface area contributed by atoms with Gasteiger partial charge in [-0.25, -0.2) is 16.8 Å². The Hall–Kier alpha value is -4.35. The number of sulfonamides is 2. The van der Waals surface area contributed by atoms with E-state index in [0.29, 0.717) is 36.0 Å². The van der Waals surface area contributed by atoms with Gasteiger partial charge in [0.1, 0.15) is 35.0 Å². The number of amidine groups is 2. The minimum atomic E-state index is -3.49. The van der Waals surface area contributed by atoms with Gasteiger partial charge in [-0.05, 0) is 38.0 Å². The maximum absolute atomic E-state index is 13.3. The van der Waals surface area contributed by atoms with Crippen molar-refractivity contribution in [1.82, 2.24) is 29.6 Å². The lowest BCUT2D eigenvalue weighted by atomic mass is 9.91. The summed E-state index contributed by atoms with van der Waals surface area (Å²) in [4.78, 5) is 37.8. The number of aliphatic hydroxyl groups excluding tert-OH is 1. The first kappa shape index (κ1) is 41.4. The zero-order valence-corrected chi connectivity index (χ0v) is 32.8. The molecule has 0 aromatic carbocycles. The summed E-state index contributed by atoms with van der Waals surface area (Å²) in [6.45, 7) is 15.5. The van der Waals surface area contributed by atoms with Crippen molar-refractivity contribution in [2.75, 3.05) is 24.8 Å². The number of aromatic nitrogens is 2. The van der Waals surface area contributed by atoms with Crippen molar-refractivity contribution < 1.29 is 40.6 Å². The van der Waals surface area contributed by atoms with Gasteiger partial charge in [0, 0.05) is 38.6 Å². The Labute approximate surface area is 310 Å². The molecule has 2 saturated heterocycles. The lowest BCUT2D eigenvalue weighted by molar-refractivity contribution is -0.135. The smallest absolute Gasteiger partial charge is 0.254 e. The van der Waals surface area contributed by atoms with E-state index < -0.39 is 44.0 Å². The second-order valence-corrected chi connectivity index (χ2v) is 17.8. The molecule has 2 amide bonds. The zero-order valence-electron chi connectivity index (χ0n) is 31.2. The molecule has 0 saturated carbocycles. The summed E-state index contributed by atoms with van der Waals surface area (Å²) in [6.07, 6.45) is 0.201. The van der Waals surface area contributed by atoms with Crippen LogP contribution >= 0.6 is 0 Å². The number of hydrogen-bond donors (Lipinski definition) is 3. The van der Waals surface area contributed by atoms with Crippen LogP contribution in [0.5, 0.6) is 0 Å². The van der Waals surface area contributed by atoms with E-state index in [9.17, 15) is 31.5 Å². The van der Waals surface area contributed by atoms with Crippen LogP contribution in [0.3, 0.4) is 0 Å². The van der Waals surface area contributed by atoms with E-state index in [1.165, 1.54) is 11.8 Å². The van der Waals surface area contributed by atoms with Crippen molar-refractivity contribution in [2.24, 2.45) is 27.7 Å². The van der Waals surface area contributed by atoms with Gasteiger partial charge in [-0.1, -0.05) is 44.9 Å². The minimum absolute atomic E-state index is 0.0265. The first-order chi connectivity index (χ1) is 24.8. The first-order valence-electron chi connectivity index (χ1n) is 17.3. The molecule has 0 aliphatic carbocycles. The molecule has 4 aliphatic heterocycles. The van der Waals surface area contributed by atoms with Crippen molar-refractivity contribution in [2.45, 2.75) is 98.3 Å².